The highest BCUT2D eigenvalue weighted by Gasteiger charge is 2.59. The van der Waals surface area contributed by atoms with E-state index in [1.807, 2.05) is 20.8 Å². The summed E-state index contributed by atoms with van der Waals surface area (Å²) in [6.45, 7) is 15.7. The summed E-state index contributed by atoms with van der Waals surface area (Å²) in [5.41, 5.74) is -0.374. The maximum Gasteiger partial charge on any atom is 0.311 e. The van der Waals surface area contributed by atoms with Gasteiger partial charge in [-0.3, -0.25) is 4.79 Å². The van der Waals surface area contributed by atoms with E-state index in [4.69, 9.17) is 14.2 Å². The van der Waals surface area contributed by atoms with Crippen LogP contribution in [0.2, 0.25) is 0 Å². The lowest BCUT2D eigenvalue weighted by Gasteiger charge is -2.49. The van der Waals surface area contributed by atoms with E-state index >= 15 is 0 Å². The molecule has 0 aromatic rings. The molecule has 5 heteroatoms. The van der Waals surface area contributed by atoms with Crippen molar-refractivity contribution >= 4 is 5.97 Å². The van der Waals surface area contributed by atoms with Gasteiger partial charge >= 0.3 is 5.97 Å². The molecule has 2 fully saturated rings. The van der Waals surface area contributed by atoms with Gasteiger partial charge in [-0.25, -0.2) is 0 Å². The second kappa shape index (κ2) is 11.7. The van der Waals surface area contributed by atoms with Crippen molar-refractivity contribution < 1.29 is 24.1 Å². The van der Waals surface area contributed by atoms with Crippen LogP contribution >= 0.6 is 0 Å². The zero-order chi connectivity index (χ0) is 24.1. The van der Waals surface area contributed by atoms with Gasteiger partial charge in [0.2, 0.25) is 0 Å². The molecule has 0 bridgehead atoms. The van der Waals surface area contributed by atoms with Crippen molar-refractivity contribution in [3.05, 3.63) is 0 Å². The topological polar surface area (TPSA) is 65.0 Å². The fourth-order valence-electron chi connectivity index (χ4n) is 6.50. The Morgan fingerprint density at radius 3 is 2.47 bits per heavy atom. The molecule has 5 nitrogen and oxygen atoms in total. The summed E-state index contributed by atoms with van der Waals surface area (Å²) in [5.74, 6) is 2.11. The van der Waals surface area contributed by atoms with Crippen LogP contribution in [0.5, 0.6) is 0 Å². The molecule has 0 aliphatic heterocycles. The minimum Gasteiger partial charge on any atom is -0.465 e. The zero-order valence-corrected chi connectivity index (χ0v) is 22.0. The Bertz CT molecular complexity index is 583. The normalized spacial score (nSPS) is 33.9. The molecule has 32 heavy (non-hydrogen) atoms. The lowest BCUT2D eigenvalue weighted by molar-refractivity contribution is -0.156. The Kier molecular flexibility index (Phi) is 10.1. The average Bonchev–Trinajstić information content (AvgIpc) is 3.00. The third-order valence-corrected chi connectivity index (χ3v) is 8.25. The summed E-state index contributed by atoms with van der Waals surface area (Å²) in [6, 6.07) is 0. The third kappa shape index (κ3) is 6.70. The van der Waals surface area contributed by atoms with Crippen molar-refractivity contribution in [3.8, 4) is 0 Å². The fraction of sp³-hybridized carbons (Fsp3) is 0.963. The number of aliphatic hydroxyl groups excluding tert-OH is 1. The highest BCUT2D eigenvalue weighted by molar-refractivity contribution is 5.75. The van der Waals surface area contributed by atoms with Gasteiger partial charge in [0.05, 0.1) is 24.2 Å². The predicted molar refractivity (Wildman–Crippen MR) is 128 cm³/mol. The van der Waals surface area contributed by atoms with Crippen LogP contribution in [0.25, 0.3) is 0 Å². The first kappa shape index (κ1) is 27.6. The zero-order valence-electron chi connectivity index (χ0n) is 22.0. The number of hydrogen-bond acceptors (Lipinski definition) is 5. The van der Waals surface area contributed by atoms with Crippen molar-refractivity contribution in [2.45, 2.75) is 106 Å². The van der Waals surface area contributed by atoms with Crippen LogP contribution in [0, 0.1) is 40.4 Å². The van der Waals surface area contributed by atoms with Crippen molar-refractivity contribution in [1.82, 2.24) is 0 Å². The molecule has 0 aromatic carbocycles. The van der Waals surface area contributed by atoms with Crippen LogP contribution in [0.3, 0.4) is 0 Å². The van der Waals surface area contributed by atoms with Crippen molar-refractivity contribution in [1.29, 1.82) is 0 Å². The monoisotopic (exact) mass is 454 g/mol. The van der Waals surface area contributed by atoms with Gasteiger partial charge in [-0.15, -0.1) is 0 Å². The first-order valence-corrected chi connectivity index (χ1v) is 12.9. The lowest BCUT2D eigenvalue weighted by Crippen LogP contribution is -2.48. The molecule has 2 aliphatic rings. The molecule has 0 unspecified atom stereocenters. The number of carbonyl (C=O) groups is 1. The molecule has 0 radical (unpaired) electrons. The molecule has 2 rings (SSSR count). The number of rotatable bonds is 11. The lowest BCUT2D eigenvalue weighted by atomic mass is 9.57. The van der Waals surface area contributed by atoms with E-state index in [9.17, 15) is 9.90 Å². The number of fused-ring (bicyclic) bond motifs is 1. The Balaban J connectivity index is 2.15. The minimum absolute atomic E-state index is 0.0794. The smallest absolute Gasteiger partial charge is 0.311 e. The Morgan fingerprint density at radius 1 is 1.19 bits per heavy atom. The molecular formula is C27H50O5. The van der Waals surface area contributed by atoms with Gasteiger partial charge in [0.15, 0.2) is 0 Å². The van der Waals surface area contributed by atoms with E-state index in [-0.39, 0.29) is 42.2 Å². The molecule has 2 aliphatic carbocycles. The summed E-state index contributed by atoms with van der Waals surface area (Å²) in [7, 11) is 1.67. The Hall–Kier alpha value is -0.650. The Labute approximate surface area is 197 Å². The van der Waals surface area contributed by atoms with Gasteiger partial charge in [0.25, 0.3) is 0 Å². The average molecular weight is 455 g/mol. The SMILES string of the molecule is COCO[C@H]1C[C@H]([C@H](C)CCCC(C)C)[C@@]2(C)CC[C@H](O)[C@@H](CCOC(=O)C(C)(C)C)[C@H]12. The molecule has 0 aromatic heterocycles. The van der Waals surface area contributed by atoms with Crippen molar-refractivity contribution in [2.24, 2.45) is 40.4 Å². The standard InChI is InChI=1S/C27H50O5/c1-18(2)10-9-11-19(3)21-16-23(32-17-30-8)24-20(22(28)12-14-27(21,24)7)13-15-31-25(29)26(4,5)6/h18-24,28H,9-17H2,1-8H3/t19-,20-,21-,22+,23+,24-,27-/m1/s1. The number of hydrogen-bond donors (Lipinski definition) is 1. The van der Waals surface area contributed by atoms with Gasteiger partial charge in [0, 0.05) is 7.11 Å². The summed E-state index contributed by atoms with van der Waals surface area (Å²) in [5, 5.41) is 11.0. The maximum absolute atomic E-state index is 12.2. The molecule has 2 saturated carbocycles. The summed E-state index contributed by atoms with van der Waals surface area (Å²) in [6.07, 6.45) is 7.07. The van der Waals surface area contributed by atoms with E-state index in [1.165, 1.54) is 19.3 Å². The second-order valence-electron chi connectivity index (χ2n) is 12.2. The molecule has 1 N–H and O–H groups in total. The number of ether oxygens (including phenoxy) is 3. The highest BCUT2D eigenvalue weighted by Crippen LogP contribution is 2.61. The molecule has 7 atom stereocenters. The van der Waals surface area contributed by atoms with Crippen LogP contribution in [-0.2, 0) is 19.0 Å². The van der Waals surface area contributed by atoms with Crippen LogP contribution < -0.4 is 0 Å². The molecule has 0 spiro atoms. The quantitative estimate of drug-likeness (QED) is 0.314. The fourth-order valence-corrected chi connectivity index (χ4v) is 6.50. The number of esters is 1. The van der Waals surface area contributed by atoms with Crippen molar-refractivity contribution in [3.63, 3.8) is 0 Å². The van der Waals surface area contributed by atoms with E-state index in [0.29, 0.717) is 24.9 Å². The first-order valence-electron chi connectivity index (χ1n) is 12.9. The third-order valence-electron chi connectivity index (χ3n) is 8.25. The van der Waals surface area contributed by atoms with Gasteiger partial charge in [-0.1, -0.05) is 47.0 Å². The van der Waals surface area contributed by atoms with Gasteiger partial charge in [-0.2, -0.15) is 0 Å². The molecule has 0 amide bonds. The predicted octanol–water partition coefficient (Wildman–Crippen LogP) is 5.83. The number of methoxy groups -OCH3 is 1. The summed E-state index contributed by atoms with van der Waals surface area (Å²) in [4.78, 5) is 12.2. The first-order chi connectivity index (χ1) is 14.9. The van der Waals surface area contributed by atoms with Crippen LogP contribution in [0.15, 0.2) is 0 Å². The summed E-state index contributed by atoms with van der Waals surface area (Å²) >= 11 is 0. The Morgan fingerprint density at radius 2 is 1.88 bits per heavy atom. The van der Waals surface area contributed by atoms with E-state index in [2.05, 4.69) is 27.7 Å². The van der Waals surface area contributed by atoms with E-state index in [1.54, 1.807) is 7.11 Å². The van der Waals surface area contributed by atoms with Gasteiger partial charge in [-0.05, 0) is 81.5 Å². The van der Waals surface area contributed by atoms with Crippen LogP contribution in [-0.4, -0.2) is 43.8 Å². The molecule has 0 saturated heterocycles. The van der Waals surface area contributed by atoms with E-state index < -0.39 is 5.41 Å². The van der Waals surface area contributed by atoms with E-state index in [0.717, 1.165) is 25.2 Å². The molecule has 188 valence electrons. The summed E-state index contributed by atoms with van der Waals surface area (Å²) < 4.78 is 17.1. The van der Waals surface area contributed by atoms with Gasteiger partial charge < -0.3 is 19.3 Å². The highest BCUT2D eigenvalue weighted by atomic mass is 16.7. The molecular weight excluding hydrogens is 404 g/mol. The largest absolute Gasteiger partial charge is 0.465 e. The maximum atomic E-state index is 12.2. The second-order valence-corrected chi connectivity index (χ2v) is 12.2. The van der Waals surface area contributed by atoms with Crippen molar-refractivity contribution in [2.75, 3.05) is 20.5 Å². The van der Waals surface area contributed by atoms with Crippen LogP contribution in [0.1, 0.15) is 93.4 Å². The van der Waals surface area contributed by atoms with Gasteiger partial charge in [0.1, 0.15) is 6.79 Å². The number of aliphatic hydroxyl groups is 1. The minimum atomic E-state index is -0.506. The number of carbonyl (C=O) groups excluding carboxylic acids is 1. The van der Waals surface area contributed by atoms with Crippen LogP contribution in [0.4, 0.5) is 0 Å². The molecule has 0 heterocycles.